The highest BCUT2D eigenvalue weighted by atomic mass is 14.3. The van der Waals surface area contributed by atoms with Crippen LogP contribution in [0.4, 0.5) is 0 Å². The van der Waals surface area contributed by atoms with E-state index in [9.17, 15) is 0 Å². The first kappa shape index (κ1) is 70.4. The highest BCUT2D eigenvalue weighted by Crippen LogP contribution is 2.39. The Hall–Kier alpha value is 0. The Kier molecular flexibility index (Phi) is 135. The molecule has 284 valence electrons. The maximum absolute atomic E-state index is 2.45. The normalized spacial score (nSPS) is 14.8. The zero-order valence-corrected chi connectivity index (χ0v) is 37.9. The number of hydrogen-bond acceptors (Lipinski definition) is 0. The minimum absolute atomic E-state index is 0.833. The van der Waals surface area contributed by atoms with Gasteiger partial charge in [-0.1, -0.05) is 244 Å². The zero-order chi connectivity index (χ0) is 37.9. The summed E-state index contributed by atoms with van der Waals surface area (Å²) in [7, 11) is 0. The molecule has 0 nitrogen and oxygen atoms in total. The molecule has 0 aliphatic heterocycles. The summed E-state index contributed by atoms with van der Waals surface area (Å²) < 4.78 is 0. The lowest BCUT2D eigenvalue weighted by Gasteiger charge is -2.18. The minimum Gasteiger partial charge on any atom is -0.0683 e. The molecule has 1 aliphatic carbocycles. The summed E-state index contributed by atoms with van der Waals surface area (Å²) >= 11 is 0. The second-order valence-corrected chi connectivity index (χ2v) is 11.9. The van der Waals surface area contributed by atoms with Crippen molar-refractivity contribution in [2.24, 2.45) is 35.5 Å². The molecule has 1 saturated carbocycles. The lowest BCUT2D eigenvalue weighted by molar-refractivity contribution is 0.319. The predicted molar refractivity (Wildman–Crippen MR) is 224 cm³/mol. The van der Waals surface area contributed by atoms with Crippen LogP contribution in [-0.2, 0) is 0 Å². The van der Waals surface area contributed by atoms with E-state index in [1.807, 2.05) is 69.2 Å². The summed E-state index contributed by atoms with van der Waals surface area (Å²) in [6.07, 6.45) is 16.6. The van der Waals surface area contributed by atoms with Crippen LogP contribution in [0.2, 0.25) is 0 Å². The van der Waals surface area contributed by atoms with Gasteiger partial charge in [0.1, 0.15) is 0 Å². The van der Waals surface area contributed by atoms with Gasteiger partial charge >= 0.3 is 0 Å². The number of rotatable bonds is 8. The molecule has 1 rings (SSSR count). The van der Waals surface area contributed by atoms with Gasteiger partial charge in [0.15, 0.2) is 0 Å². The van der Waals surface area contributed by atoms with Crippen molar-refractivity contribution < 1.29 is 0 Å². The minimum atomic E-state index is 0.833. The Morgan fingerprint density at radius 2 is 0.750 bits per heavy atom. The summed E-state index contributed by atoms with van der Waals surface area (Å²) in [5.41, 5.74) is 0. The first-order valence-corrected chi connectivity index (χ1v) is 20.9. The summed E-state index contributed by atoms with van der Waals surface area (Å²) in [4.78, 5) is 0. The van der Waals surface area contributed by atoms with Crippen molar-refractivity contribution in [1.82, 2.24) is 0 Å². The van der Waals surface area contributed by atoms with E-state index < -0.39 is 0 Å². The standard InChI is InChI=1S/C12H24.C9H20.C4H10.3C3H8.5C2H6/c1-9(2)5-7-12-8-6-10(3)11(12)4;1-4-7-9(6-3)8-5-2;1-4(2)3;3*1-3-2;5*1-2/h9-12H,5-8H2,1-4H3;9H,4-8H2,1-3H3;4H,1-3H3;3*3H2,1-2H3;5*1-2H3. The SMILES string of the molecule is CC.CC.CC.CC.CC.CC(C)C.CC(C)CCC1CCC(C)C1C.CCC.CCC.CCC.CCCC(CC)CCC. The van der Waals surface area contributed by atoms with Gasteiger partial charge in [-0.25, -0.2) is 0 Å². The monoisotopic (exact) mass is 637 g/mol. The van der Waals surface area contributed by atoms with Crippen molar-refractivity contribution in [3.8, 4) is 0 Å². The highest BCUT2D eigenvalue weighted by molar-refractivity contribution is 4.79. The molecule has 0 amide bonds. The van der Waals surface area contributed by atoms with Crippen molar-refractivity contribution in [3.63, 3.8) is 0 Å². The Bertz CT molecular complexity index is 277. The molecule has 0 heteroatoms. The van der Waals surface area contributed by atoms with Crippen molar-refractivity contribution in [1.29, 1.82) is 0 Å². The van der Waals surface area contributed by atoms with Gasteiger partial charge in [-0.15, -0.1) is 0 Å². The van der Waals surface area contributed by atoms with Crippen LogP contribution in [0, 0.1) is 35.5 Å². The van der Waals surface area contributed by atoms with E-state index in [1.54, 1.807) is 0 Å². The Labute approximate surface area is 291 Å². The molecule has 0 aromatic heterocycles. The van der Waals surface area contributed by atoms with Crippen molar-refractivity contribution in [3.05, 3.63) is 0 Å². The molecule has 44 heavy (non-hydrogen) atoms. The first-order chi connectivity index (χ1) is 20.9. The van der Waals surface area contributed by atoms with Gasteiger partial charge in [0.05, 0.1) is 0 Å². The Balaban J connectivity index is -0.0000000401. The molecule has 0 heterocycles. The molecule has 3 atom stereocenters. The smallest absolute Gasteiger partial charge is 0.0386 e. The van der Waals surface area contributed by atoms with E-state index in [2.05, 4.69) is 111 Å². The van der Waals surface area contributed by atoms with E-state index in [4.69, 9.17) is 0 Å². The molecule has 1 fully saturated rings. The summed E-state index contributed by atoms with van der Waals surface area (Å²) in [6, 6.07) is 0. The molecule has 1 aliphatic rings. The van der Waals surface area contributed by atoms with Crippen molar-refractivity contribution >= 4 is 0 Å². The van der Waals surface area contributed by atoms with Crippen LogP contribution in [-0.4, -0.2) is 0 Å². The van der Waals surface area contributed by atoms with Crippen LogP contribution < -0.4 is 0 Å². The molecular formula is C44H108. The third-order valence-corrected chi connectivity index (χ3v) is 5.72. The van der Waals surface area contributed by atoms with Crippen LogP contribution in [0.3, 0.4) is 0 Å². The molecule has 3 unspecified atom stereocenters. The van der Waals surface area contributed by atoms with E-state index in [0.717, 1.165) is 35.5 Å². The first-order valence-electron chi connectivity index (χ1n) is 20.9. The third kappa shape index (κ3) is 104. The Morgan fingerprint density at radius 3 is 0.909 bits per heavy atom. The summed E-state index contributed by atoms with van der Waals surface area (Å²) in [6.45, 7) is 55.6. The molecular weight excluding hydrogens is 528 g/mol. The second kappa shape index (κ2) is 84.3. The van der Waals surface area contributed by atoms with Crippen LogP contribution in [0.1, 0.15) is 257 Å². The zero-order valence-electron chi connectivity index (χ0n) is 37.9. The van der Waals surface area contributed by atoms with Crippen LogP contribution in [0.25, 0.3) is 0 Å². The van der Waals surface area contributed by atoms with Gasteiger partial charge in [0.25, 0.3) is 0 Å². The molecule has 0 radical (unpaired) electrons. The molecule has 0 aromatic rings. The maximum atomic E-state index is 2.45. The second-order valence-electron chi connectivity index (χ2n) is 11.9. The fourth-order valence-electron chi connectivity index (χ4n) is 3.79. The summed E-state index contributed by atoms with van der Waals surface area (Å²) in [5, 5.41) is 0. The fourth-order valence-corrected chi connectivity index (χ4v) is 3.79. The van der Waals surface area contributed by atoms with Crippen LogP contribution in [0.5, 0.6) is 0 Å². The topological polar surface area (TPSA) is 0 Å². The summed E-state index contributed by atoms with van der Waals surface area (Å²) in [5.74, 6) is 5.77. The van der Waals surface area contributed by atoms with Gasteiger partial charge in [0.2, 0.25) is 0 Å². The molecule has 0 saturated heterocycles. The van der Waals surface area contributed by atoms with Gasteiger partial charge in [-0.2, -0.15) is 0 Å². The van der Waals surface area contributed by atoms with Crippen LogP contribution >= 0.6 is 0 Å². The lowest BCUT2D eigenvalue weighted by atomic mass is 9.87. The van der Waals surface area contributed by atoms with Crippen LogP contribution in [0.15, 0.2) is 0 Å². The maximum Gasteiger partial charge on any atom is -0.0386 e. The van der Waals surface area contributed by atoms with E-state index in [-0.39, 0.29) is 0 Å². The molecule has 0 spiro atoms. The molecule has 0 aromatic carbocycles. The third-order valence-electron chi connectivity index (χ3n) is 5.72. The van der Waals surface area contributed by atoms with E-state index >= 15 is 0 Å². The van der Waals surface area contributed by atoms with Crippen molar-refractivity contribution in [2.75, 3.05) is 0 Å². The van der Waals surface area contributed by atoms with E-state index in [0.29, 0.717) is 0 Å². The average Bonchev–Trinajstić information content (AvgIpc) is 3.35. The largest absolute Gasteiger partial charge is 0.0683 e. The predicted octanol–water partition coefficient (Wildman–Crippen LogP) is 18.8. The van der Waals surface area contributed by atoms with Gasteiger partial charge in [-0.3, -0.25) is 0 Å². The van der Waals surface area contributed by atoms with Crippen molar-refractivity contribution in [2.45, 2.75) is 257 Å². The average molecular weight is 637 g/mol. The van der Waals surface area contributed by atoms with Gasteiger partial charge in [-0.05, 0) is 48.3 Å². The van der Waals surface area contributed by atoms with Gasteiger partial charge < -0.3 is 0 Å². The van der Waals surface area contributed by atoms with E-state index in [1.165, 1.54) is 77.0 Å². The molecule has 0 N–H and O–H groups in total. The number of hydrogen-bond donors (Lipinski definition) is 0. The lowest BCUT2D eigenvalue weighted by Crippen LogP contribution is -2.09. The van der Waals surface area contributed by atoms with Gasteiger partial charge in [0, 0.05) is 0 Å². The Morgan fingerprint density at radius 1 is 0.477 bits per heavy atom. The fraction of sp³-hybridized carbons (Fsp3) is 1.00. The molecule has 0 bridgehead atoms. The highest BCUT2D eigenvalue weighted by Gasteiger charge is 2.28. The quantitative estimate of drug-likeness (QED) is 0.249.